The largest absolute Gasteiger partial charge is 0.405 e. The Labute approximate surface area is 149 Å². The monoisotopic (exact) mass is 379 g/mol. The Morgan fingerprint density at radius 1 is 1.16 bits per heavy atom. The third-order valence-electron chi connectivity index (χ3n) is 3.95. The molecule has 0 bridgehead atoms. The van der Waals surface area contributed by atoms with E-state index in [9.17, 15) is 22.8 Å². The zero-order valence-corrected chi connectivity index (χ0v) is 14.3. The van der Waals surface area contributed by atoms with Crippen molar-refractivity contribution in [1.82, 2.24) is 5.32 Å². The molecule has 25 heavy (non-hydrogen) atoms. The van der Waals surface area contributed by atoms with Crippen molar-refractivity contribution in [2.45, 2.75) is 37.9 Å². The predicted molar refractivity (Wildman–Crippen MR) is 90.6 cm³/mol. The van der Waals surface area contributed by atoms with Gasteiger partial charge in [0.25, 0.3) is 5.91 Å². The minimum Gasteiger partial charge on any atom is -0.343 e. The highest BCUT2D eigenvalue weighted by atomic mass is 35.5. The maximum Gasteiger partial charge on any atom is 0.405 e. The summed E-state index contributed by atoms with van der Waals surface area (Å²) in [6.45, 7) is -1.38. The van der Waals surface area contributed by atoms with Crippen LogP contribution in [-0.4, -0.2) is 30.6 Å². The highest BCUT2D eigenvalue weighted by Crippen LogP contribution is 2.24. The second-order valence-corrected chi connectivity index (χ2v) is 5.99. The number of nitrogens with one attached hydrogen (secondary N) is 2. The van der Waals surface area contributed by atoms with Gasteiger partial charge in [0.15, 0.2) is 0 Å². The predicted octanol–water partition coefficient (Wildman–Crippen LogP) is 2.86. The normalized spacial score (nSPS) is 20.3. The van der Waals surface area contributed by atoms with Crippen LogP contribution in [0.15, 0.2) is 24.3 Å². The van der Waals surface area contributed by atoms with Crippen molar-refractivity contribution in [2.75, 3.05) is 11.9 Å². The second-order valence-electron chi connectivity index (χ2n) is 5.99. The van der Waals surface area contributed by atoms with Crippen LogP contribution in [0.5, 0.6) is 0 Å². The molecule has 1 aromatic rings. The first kappa shape index (κ1) is 21.2. The molecule has 1 aromatic carbocycles. The van der Waals surface area contributed by atoms with Gasteiger partial charge in [0, 0.05) is 23.2 Å². The van der Waals surface area contributed by atoms with Crippen molar-refractivity contribution >= 4 is 29.9 Å². The van der Waals surface area contributed by atoms with E-state index >= 15 is 0 Å². The van der Waals surface area contributed by atoms with E-state index < -0.39 is 18.6 Å². The Bertz CT molecular complexity index is 593. The molecule has 5 nitrogen and oxygen atoms in total. The number of halogens is 4. The number of hydrogen-bond donors (Lipinski definition) is 3. The number of amides is 2. The third kappa shape index (κ3) is 6.91. The number of carbonyl (C=O) groups is 2. The van der Waals surface area contributed by atoms with E-state index in [-0.39, 0.29) is 35.8 Å². The molecule has 2 atom stereocenters. The van der Waals surface area contributed by atoms with E-state index in [1.807, 2.05) is 0 Å². The molecule has 140 valence electrons. The SMILES string of the molecule is Cl.NC1CCCC(C(=O)Nc2ccc(C(=O)NCC(F)(F)F)cc2)C1. The molecule has 1 aliphatic carbocycles. The highest BCUT2D eigenvalue weighted by Gasteiger charge is 2.28. The van der Waals surface area contributed by atoms with E-state index in [1.165, 1.54) is 24.3 Å². The molecule has 1 saturated carbocycles. The van der Waals surface area contributed by atoms with Gasteiger partial charge < -0.3 is 16.4 Å². The molecule has 2 rings (SSSR count). The van der Waals surface area contributed by atoms with Crippen molar-refractivity contribution in [3.05, 3.63) is 29.8 Å². The summed E-state index contributed by atoms with van der Waals surface area (Å²) in [4.78, 5) is 23.8. The van der Waals surface area contributed by atoms with Crippen LogP contribution in [0.2, 0.25) is 0 Å². The van der Waals surface area contributed by atoms with Crippen LogP contribution in [0.1, 0.15) is 36.0 Å². The molecule has 9 heteroatoms. The lowest BCUT2D eigenvalue weighted by molar-refractivity contribution is -0.123. The summed E-state index contributed by atoms with van der Waals surface area (Å²) in [6.07, 6.45) is -1.19. The molecule has 2 unspecified atom stereocenters. The van der Waals surface area contributed by atoms with Crippen molar-refractivity contribution in [3.8, 4) is 0 Å². The van der Waals surface area contributed by atoms with E-state index in [2.05, 4.69) is 5.32 Å². The van der Waals surface area contributed by atoms with Crippen molar-refractivity contribution in [2.24, 2.45) is 11.7 Å². The molecule has 1 fully saturated rings. The van der Waals surface area contributed by atoms with Gasteiger partial charge in [0.05, 0.1) is 0 Å². The number of nitrogens with two attached hydrogens (primary N) is 1. The summed E-state index contributed by atoms with van der Waals surface area (Å²) < 4.78 is 36.2. The van der Waals surface area contributed by atoms with Crippen LogP contribution in [0.25, 0.3) is 0 Å². The first-order valence-electron chi connectivity index (χ1n) is 7.76. The summed E-state index contributed by atoms with van der Waals surface area (Å²) in [5, 5.41) is 4.54. The molecule has 4 N–H and O–H groups in total. The Morgan fingerprint density at radius 2 is 1.80 bits per heavy atom. The number of hydrogen-bond acceptors (Lipinski definition) is 3. The van der Waals surface area contributed by atoms with E-state index in [1.54, 1.807) is 5.32 Å². The molecule has 0 spiro atoms. The number of benzene rings is 1. The lowest BCUT2D eigenvalue weighted by Crippen LogP contribution is -2.34. The number of carbonyl (C=O) groups excluding carboxylic acids is 2. The van der Waals surface area contributed by atoms with Gasteiger partial charge in [-0.3, -0.25) is 9.59 Å². The molecule has 0 aliphatic heterocycles. The molecule has 0 radical (unpaired) electrons. The van der Waals surface area contributed by atoms with Crippen LogP contribution >= 0.6 is 12.4 Å². The van der Waals surface area contributed by atoms with Crippen molar-refractivity contribution < 1.29 is 22.8 Å². The topological polar surface area (TPSA) is 84.2 Å². The van der Waals surface area contributed by atoms with Gasteiger partial charge in [-0.15, -0.1) is 12.4 Å². The first-order chi connectivity index (χ1) is 11.2. The Morgan fingerprint density at radius 3 is 2.36 bits per heavy atom. The van der Waals surface area contributed by atoms with Gasteiger partial charge in [-0.2, -0.15) is 13.2 Å². The molecular formula is C16H21ClF3N3O2. The minimum atomic E-state index is -4.45. The van der Waals surface area contributed by atoms with E-state index in [0.717, 1.165) is 19.3 Å². The minimum absolute atomic E-state index is 0. The lowest BCUT2D eigenvalue weighted by atomic mass is 9.85. The lowest BCUT2D eigenvalue weighted by Gasteiger charge is -2.25. The number of anilines is 1. The number of rotatable bonds is 4. The third-order valence-corrected chi connectivity index (χ3v) is 3.95. The summed E-state index contributed by atoms with van der Waals surface area (Å²) in [7, 11) is 0. The Balaban J connectivity index is 0.00000312. The van der Waals surface area contributed by atoms with Crippen LogP contribution in [0.3, 0.4) is 0 Å². The molecular weight excluding hydrogens is 359 g/mol. The standard InChI is InChI=1S/C16H20F3N3O2.ClH/c17-16(18,19)9-21-14(23)10-4-6-13(7-5-10)22-15(24)11-2-1-3-12(20)8-11;/h4-7,11-12H,1-3,8-9,20H2,(H,21,23)(H,22,24);1H. The van der Waals surface area contributed by atoms with Gasteiger partial charge in [0.2, 0.25) is 5.91 Å². The zero-order valence-electron chi connectivity index (χ0n) is 13.4. The average molecular weight is 380 g/mol. The van der Waals surface area contributed by atoms with Crippen LogP contribution in [0.4, 0.5) is 18.9 Å². The Hall–Kier alpha value is -1.80. The van der Waals surface area contributed by atoms with Gasteiger partial charge in [-0.05, 0) is 43.5 Å². The van der Waals surface area contributed by atoms with Gasteiger partial charge in [-0.1, -0.05) is 6.42 Å². The quantitative estimate of drug-likeness (QED) is 0.752. The maximum atomic E-state index is 12.2. The summed E-state index contributed by atoms with van der Waals surface area (Å²) >= 11 is 0. The molecule has 0 aromatic heterocycles. The summed E-state index contributed by atoms with van der Waals surface area (Å²) in [5.74, 6) is -1.08. The Kier molecular flexibility index (Phi) is 7.69. The summed E-state index contributed by atoms with van der Waals surface area (Å²) in [6, 6.07) is 5.75. The van der Waals surface area contributed by atoms with Crippen LogP contribution in [-0.2, 0) is 4.79 Å². The van der Waals surface area contributed by atoms with Gasteiger partial charge in [-0.25, -0.2) is 0 Å². The smallest absolute Gasteiger partial charge is 0.343 e. The maximum absolute atomic E-state index is 12.2. The van der Waals surface area contributed by atoms with Crippen molar-refractivity contribution in [3.63, 3.8) is 0 Å². The van der Waals surface area contributed by atoms with E-state index in [4.69, 9.17) is 5.73 Å². The fourth-order valence-electron chi connectivity index (χ4n) is 2.70. The first-order valence-corrected chi connectivity index (χ1v) is 7.76. The zero-order chi connectivity index (χ0) is 17.7. The fraction of sp³-hybridized carbons (Fsp3) is 0.500. The van der Waals surface area contributed by atoms with Gasteiger partial charge in [0.1, 0.15) is 6.54 Å². The summed E-state index contributed by atoms with van der Waals surface area (Å²) in [5.41, 5.74) is 6.45. The van der Waals surface area contributed by atoms with Crippen molar-refractivity contribution in [1.29, 1.82) is 0 Å². The van der Waals surface area contributed by atoms with Crippen LogP contribution < -0.4 is 16.4 Å². The molecule has 0 saturated heterocycles. The second kappa shape index (κ2) is 9.05. The molecule has 2 amide bonds. The molecule has 1 aliphatic rings. The van der Waals surface area contributed by atoms with E-state index in [0.29, 0.717) is 12.1 Å². The van der Waals surface area contributed by atoms with Crippen LogP contribution in [0, 0.1) is 5.92 Å². The fourth-order valence-corrected chi connectivity index (χ4v) is 2.70. The molecule has 0 heterocycles. The van der Waals surface area contributed by atoms with Gasteiger partial charge >= 0.3 is 6.18 Å². The number of alkyl halides is 3. The highest BCUT2D eigenvalue weighted by molar-refractivity contribution is 5.96. The average Bonchev–Trinajstić information content (AvgIpc) is 2.52.